The molecule has 0 aliphatic carbocycles. The zero-order valence-corrected chi connectivity index (χ0v) is 3.68. The van der Waals surface area contributed by atoms with Crippen molar-refractivity contribution in [1.82, 2.24) is 11.0 Å². The van der Waals surface area contributed by atoms with Gasteiger partial charge in [0.25, 0.3) is 0 Å². The van der Waals surface area contributed by atoms with Crippen LogP contribution in [0.25, 0.3) is 0 Å². The average molecular weight is 104 g/mol. The van der Waals surface area contributed by atoms with Crippen molar-refractivity contribution < 1.29 is 0 Å². The molecular weight excluding hydrogens is 96.1 g/mol. The van der Waals surface area contributed by atoms with Crippen LogP contribution in [-0.2, 0) is 0 Å². The van der Waals surface area contributed by atoms with Crippen LogP contribution >= 0.6 is 0 Å². The van der Waals surface area contributed by atoms with Crippen LogP contribution in [0, 0.1) is 0 Å². The van der Waals surface area contributed by atoms with Gasteiger partial charge in [-0.05, 0) is 0 Å². The van der Waals surface area contributed by atoms with E-state index in [1.54, 1.807) is 0 Å². The summed E-state index contributed by atoms with van der Waals surface area (Å²) in [5.41, 5.74) is 9.21. The van der Waals surface area contributed by atoms with Gasteiger partial charge in [-0.2, -0.15) is 5.53 Å². The standard InChI is InChI=1S/CH8N6/c2-1(5-3)6-7-4/h7H,3-4H2,(H3,2,5,6). The second kappa shape index (κ2) is 3.19. The highest BCUT2D eigenvalue weighted by Gasteiger charge is 1.78. The minimum absolute atomic E-state index is 0.0440. The number of rotatable bonds is 1. The smallest absolute Gasteiger partial charge is 0.226 e. The molecule has 42 valence electrons. The summed E-state index contributed by atoms with van der Waals surface area (Å²) in [5, 5.41) is 3.02. The molecule has 0 radical (unpaired) electrons. The van der Waals surface area contributed by atoms with Crippen LogP contribution in [0.3, 0.4) is 0 Å². The highest BCUT2D eigenvalue weighted by Crippen LogP contribution is 1.41. The highest BCUT2D eigenvalue weighted by molar-refractivity contribution is 5.76. The molecule has 0 atom stereocenters. The van der Waals surface area contributed by atoms with Gasteiger partial charge in [0.1, 0.15) is 0 Å². The van der Waals surface area contributed by atoms with Crippen LogP contribution in [0.1, 0.15) is 0 Å². The molecule has 0 saturated heterocycles. The Hall–Kier alpha value is -1.01. The van der Waals surface area contributed by atoms with E-state index in [2.05, 4.69) is 16.4 Å². The molecule has 8 N–H and O–H groups in total. The summed E-state index contributed by atoms with van der Waals surface area (Å²) in [6, 6.07) is 0. The van der Waals surface area contributed by atoms with E-state index in [1.165, 1.54) is 0 Å². The predicted molar refractivity (Wildman–Crippen MR) is 26.3 cm³/mol. The Labute approximate surface area is 40.7 Å². The van der Waals surface area contributed by atoms with E-state index in [0.717, 1.165) is 0 Å². The maximum atomic E-state index is 4.95. The molecule has 6 nitrogen and oxygen atoms in total. The van der Waals surface area contributed by atoms with Crippen LogP contribution in [0.15, 0.2) is 5.10 Å². The lowest BCUT2D eigenvalue weighted by atomic mass is 11.1. The Morgan fingerprint density at radius 3 is 2.29 bits per heavy atom. The van der Waals surface area contributed by atoms with Crippen molar-refractivity contribution in [2.45, 2.75) is 0 Å². The van der Waals surface area contributed by atoms with Crippen LogP contribution in [0.4, 0.5) is 0 Å². The Bertz CT molecular complexity index is 64.6. The first-order chi connectivity index (χ1) is 3.31. The minimum Gasteiger partial charge on any atom is -0.367 e. The van der Waals surface area contributed by atoms with E-state index in [-0.39, 0.29) is 5.96 Å². The third kappa shape index (κ3) is 2.80. The van der Waals surface area contributed by atoms with E-state index >= 15 is 0 Å². The quantitative estimate of drug-likeness (QED) is 0.106. The van der Waals surface area contributed by atoms with Gasteiger partial charge >= 0.3 is 0 Å². The lowest BCUT2D eigenvalue weighted by Crippen LogP contribution is -2.46. The van der Waals surface area contributed by atoms with E-state index in [4.69, 9.17) is 11.6 Å². The molecule has 0 spiro atoms. The summed E-state index contributed by atoms with van der Waals surface area (Å²) >= 11 is 0. The zero-order valence-electron chi connectivity index (χ0n) is 3.68. The van der Waals surface area contributed by atoms with E-state index in [0.29, 0.717) is 0 Å². The molecule has 0 aromatic carbocycles. The van der Waals surface area contributed by atoms with Crippen molar-refractivity contribution in [2.75, 3.05) is 0 Å². The number of hydrazone groups is 1. The monoisotopic (exact) mass is 104 g/mol. The Morgan fingerprint density at radius 1 is 1.57 bits per heavy atom. The third-order valence-electron chi connectivity index (χ3n) is 0.339. The van der Waals surface area contributed by atoms with Crippen LogP contribution in [-0.4, -0.2) is 5.96 Å². The maximum Gasteiger partial charge on any atom is 0.226 e. The van der Waals surface area contributed by atoms with Gasteiger partial charge in [-0.1, -0.05) is 0 Å². The van der Waals surface area contributed by atoms with Gasteiger partial charge in [0, 0.05) is 0 Å². The normalized spacial score (nSPS) is 11.3. The summed E-state index contributed by atoms with van der Waals surface area (Å²) in [6.45, 7) is 0. The first kappa shape index (κ1) is 5.99. The first-order valence-corrected chi connectivity index (χ1v) is 1.56. The number of nitrogens with two attached hydrogens (primary N) is 3. The van der Waals surface area contributed by atoms with Gasteiger partial charge in [-0.25, -0.2) is 0 Å². The van der Waals surface area contributed by atoms with Crippen molar-refractivity contribution in [3.63, 3.8) is 0 Å². The summed E-state index contributed by atoms with van der Waals surface area (Å²) < 4.78 is 0. The summed E-state index contributed by atoms with van der Waals surface area (Å²) in [6.07, 6.45) is 0. The molecule has 0 rings (SSSR count). The van der Waals surface area contributed by atoms with Crippen LogP contribution in [0.2, 0.25) is 0 Å². The molecule has 0 amide bonds. The molecule has 0 heterocycles. The number of nitrogens with zero attached hydrogens (tertiary/aromatic N) is 1. The maximum absolute atomic E-state index is 4.95. The predicted octanol–water partition coefficient (Wildman–Crippen LogP) is -2.86. The molecule has 6 heteroatoms. The molecule has 7 heavy (non-hydrogen) atoms. The number of hydrogen-bond donors (Lipinski definition) is 5. The molecule has 0 unspecified atom stereocenters. The molecule has 0 aromatic heterocycles. The second-order valence-electron chi connectivity index (χ2n) is 0.784. The third-order valence-corrected chi connectivity index (χ3v) is 0.339. The second-order valence-corrected chi connectivity index (χ2v) is 0.784. The van der Waals surface area contributed by atoms with Gasteiger partial charge in [0.15, 0.2) is 0 Å². The lowest BCUT2D eigenvalue weighted by Gasteiger charge is -1.97. The average Bonchev–Trinajstić information content (AvgIpc) is 1.68. The minimum atomic E-state index is 0.0440. The molecule has 0 bridgehead atoms. The van der Waals surface area contributed by atoms with Gasteiger partial charge in [0.2, 0.25) is 5.96 Å². The van der Waals surface area contributed by atoms with E-state index < -0.39 is 0 Å². The van der Waals surface area contributed by atoms with Gasteiger partial charge in [-0.3, -0.25) is 11.3 Å². The summed E-state index contributed by atoms with van der Waals surface area (Å²) in [7, 11) is 0. The molecular formula is CH8N6. The zero-order chi connectivity index (χ0) is 5.70. The topological polar surface area (TPSA) is 114 Å². The van der Waals surface area contributed by atoms with Crippen molar-refractivity contribution in [3.8, 4) is 0 Å². The Kier molecular flexibility index (Phi) is 2.73. The van der Waals surface area contributed by atoms with Crippen LogP contribution < -0.4 is 28.4 Å². The highest BCUT2D eigenvalue weighted by atomic mass is 15.6. The van der Waals surface area contributed by atoms with Crippen molar-refractivity contribution in [2.24, 2.45) is 22.5 Å². The fourth-order valence-electron chi connectivity index (χ4n) is 0.106. The van der Waals surface area contributed by atoms with Crippen molar-refractivity contribution in [3.05, 3.63) is 0 Å². The lowest BCUT2D eigenvalue weighted by molar-refractivity contribution is 0.688. The largest absolute Gasteiger partial charge is 0.367 e. The van der Waals surface area contributed by atoms with Gasteiger partial charge in [0.05, 0.1) is 0 Å². The number of hydrazine groups is 2. The first-order valence-electron chi connectivity index (χ1n) is 1.56. The van der Waals surface area contributed by atoms with Gasteiger partial charge in [-0.15, -0.1) is 5.10 Å². The summed E-state index contributed by atoms with van der Waals surface area (Å²) in [5.74, 6) is 9.43. The number of guanidine groups is 1. The molecule has 0 fully saturated rings. The number of nitrogens with one attached hydrogen (secondary N) is 2. The fraction of sp³-hybridized carbons (Fsp3) is 0. The molecule has 0 aliphatic heterocycles. The fourth-order valence-corrected chi connectivity index (χ4v) is 0.106. The van der Waals surface area contributed by atoms with Crippen molar-refractivity contribution in [1.29, 1.82) is 0 Å². The van der Waals surface area contributed by atoms with Crippen LogP contribution in [0.5, 0.6) is 0 Å². The summed E-state index contributed by atoms with van der Waals surface area (Å²) in [4.78, 5) is 0. The Balaban J connectivity index is 3.17. The van der Waals surface area contributed by atoms with Crippen molar-refractivity contribution >= 4 is 5.96 Å². The Morgan fingerprint density at radius 2 is 2.14 bits per heavy atom. The molecule has 0 aliphatic rings. The van der Waals surface area contributed by atoms with E-state index in [9.17, 15) is 0 Å². The molecule has 0 aromatic rings. The SMILES string of the molecule is NN=C(N)NNN. The van der Waals surface area contributed by atoms with Gasteiger partial charge < -0.3 is 11.6 Å². The molecule has 0 saturated carbocycles. The van der Waals surface area contributed by atoms with E-state index in [1.807, 2.05) is 5.53 Å². The number of hydrogen-bond acceptors (Lipinski definition) is 4.